The van der Waals surface area contributed by atoms with E-state index in [0.717, 1.165) is 30.8 Å². The quantitative estimate of drug-likeness (QED) is 0.785. The van der Waals surface area contributed by atoms with Gasteiger partial charge in [0.25, 0.3) is 0 Å². The van der Waals surface area contributed by atoms with E-state index in [1.807, 2.05) is 18.2 Å². The van der Waals surface area contributed by atoms with Gasteiger partial charge in [0.1, 0.15) is 11.5 Å². The van der Waals surface area contributed by atoms with Crippen LogP contribution in [-0.4, -0.2) is 43.9 Å². The Labute approximate surface area is 115 Å². The molecule has 108 valence electrons. The van der Waals surface area contributed by atoms with Crippen LogP contribution >= 0.6 is 0 Å². The molecule has 1 rings (SSSR count). The summed E-state index contributed by atoms with van der Waals surface area (Å²) in [5, 5.41) is 10.4. The Balaban J connectivity index is 2.87. The van der Waals surface area contributed by atoms with Gasteiger partial charge in [-0.05, 0) is 37.7 Å². The molecule has 0 heterocycles. The Hall–Kier alpha value is -1.26. The van der Waals surface area contributed by atoms with E-state index in [4.69, 9.17) is 9.47 Å². The van der Waals surface area contributed by atoms with Gasteiger partial charge in [0.05, 0.1) is 20.3 Å². The Morgan fingerprint density at radius 2 is 1.95 bits per heavy atom. The van der Waals surface area contributed by atoms with Gasteiger partial charge in [-0.3, -0.25) is 0 Å². The van der Waals surface area contributed by atoms with Crippen molar-refractivity contribution in [2.45, 2.75) is 26.4 Å². The maximum Gasteiger partial charge on any atom is 0.124 e. The van der Waals surface area contributed by atoms with E-state index in [9.17, 15) is 5.11 Å². The van der Waals surface area contributed by atoms with Crippen LogP contribution in [0.2, 0.25) is 0 Å². The Bertz CT molecular complexity index is 382. The second-order valence-electron chi connectivity index (χ2n) is 4.52. The first kappa shape index (κ1) is 15.8. The lowest BCUT2D eigenvalue weighted by molar-refractivity contribution is 0.113. The number of aliphatic hydroxyl groups excluding tert-OH is 1. The van der Waals surface area contributed by atoms with Gasteiger partial charge in [-0.2, -0.15) is 0 Å². The van der Waals surface area contributed by atoms with Crippen molar-refractivity contribution in [2.75, 3.05) is 33.9 Å². The number of aliphatic hydroxyl groups is 1. The van der Waals surface area contributed by atoms with E-state index >= 15 is 0 Å². The summed E-state index contributed by atoms with van der Waals surface area (Å²) < 4.78 is 10.5. The van der Waals surface area contributed by atoms with E-state index in [0.29, 0.717) is 12.3 Å². The number of ether oxygens (including phenoxy) is 2. The molecule has 1 unspecified atom stereocenters. The molecule has 0 aliphatic rings. The third kappa shape index (κ3) is 4.40. The first-order valence-electron chi connectivity index (χ1n) is 6.78. The number of hydrogen-bond acceptors (Lipinski definition) is 4. The van der Waals surface area contributed by atoms with Crippen LogP contribution in [0.3, 0.4) is 0 Å². The van der Waals surface area contributed by atoms with E-state index in [-0.39, 0.29) is 0 Å². The molecular formula is C15H25NO3. The van der Waals surface area contributed by atoms with Gasteiger partial charge >= 0.3 is 0 Å². The minimum Gasteiger partial charge on any atom is -0.497 e. The summed E-state index contributed by atoms with van der Waals surface area (Å²) in [7, 11) is 3.23. The fourth-order valence-corrected chi connectivity index (χ4v) is 2.14. The molecule has 1 N–H and O–H groups in total. The van der Waals surface area contributed by atoms with Gasteiger partial charge in [0.15, 0.2) is 0 Å². The first-order valence-corrected chi connectivity index (χ1v) is 6.78. The van der Waals surface area contributed by atoms with Crippen LogP contribution in [0.25, 0.3) is 0 Å². The highest BCUT2D eigenvalue weighted by atomic mass is 16.5. The summed E-state index contributed by atoms with van der Waals surface area (Å²) in [6.07, 6.45) is 0.507. The molecule has 1 aromatic carbocycles. The van der Waals surface area contributed by atoms with Gasteiger partial charge in [-0.1, -0.05) is 13.8 Å². The minimum absolute atomic E-state index is 0.573. The maximum atomic E-state index is 10.4. The van der Waals surface area contributed by atoms with Crippen molar-refractivity contribution >= 4 is 0 Å². The molecule has 1 atom stereocenters. The van der Waals surface area contributed by atoms with E-state index in [1.165, 1.54) is 0 Å². The molecule has 0 saturated heterocycles. The zero-order valence-corrected chi connectivity index (χ0v) is 12.3. The highest BCUT2D eigenvalue weighted by molar-refractivity contribution is 5.41. The largest absolute Gasteiger partial charge is 0.497 e. The van der Waals surface area contributed by atoms with Crippen molar-refractivity contribution in [3.8, 4) is 11.5 Å². The Morgan fingerprint density at radius 3 is 2.47 bits per heavy atom. The molecule has 4 nitrogen and oxygen atoms in total. The van der Waals surface area contributed by atoms with Crippen molar-refractivity contribution in [2.24, 2.45) is 0 Å². The fraction of sp³-hybridized carbons (Fsp3) is 0.600. The van der Waals surface area contributed by atoms with Gasteiger partial charge in [-0.25, -0.2) is 0 Å². The fourth-order valence-electron chi connectivity index (χ4n) is 2.14. The molecule has 0 aliphatic heterocycles. The molecule has 0 bridgehead atoms. The summed E-state index contributed by atoms with van der Waals surface area (Å²) in [4.78, 5) is 2.23. The summed E-state index contributed by atoms with van der Waals surface area (Å²) >= 11 is 0. The molecular weight excluding hydrogens is 242 g/mol. The number of nitrogens with zero attached hydrogens (tertiary/aromatic N) is 1. The Kier molecular flexibility index (Phi) is 6.67. The second kappa shape index (κ2) is 8.02. The Morgan fingerprint density at radius 1 is 1.21 bits per heavy atom. The molecule has 0 aromatic heterocycles. The van der Waals surface area contributed by atoms with Gasteiger partial charge < -0.3 is 19.5 Å². The second-order valence-corrected chi connectivity index (χ2v) is 4.52. The minimum atomic E-state index is -0.573. The molecule has 0 radical (unpaired) electrons. The predicted octanol–water partition coefficient (Wildman–Crippen LogP) is 2.47. The maximum absolute atomic E-state index is 10.4. The number of rotatable bonds is 8. The van der Waals surface area contributed by atoms with Crippen molar-refractivity contribution in [3.63, 3.8) is 0 Å². The topological polar surface area (TPSA) is 41.9 Å². The van der Waals surface area contributed by atoms with Crippen LogP contribution in [0, 0.1) is 0 Å². The third-order valence-electron chi connectivity index (χ3n) is 3.21. The van der Waals surface area contributed by atoms with Crippen molar-refractivity contribution in [3.05, 3.63) is 23.8 Å². The van der Waals surface area contributed by atoms with Crippen LogP contribution in [0.5, 0.6) is 11.5 Å². The average molecular weight is 267 g/mol. The smallest absolute Gasteiger partial charge is 0.124 e. The number of likely N-dealkylation sites (N-methyl/N-ethyl adjacent to an activating group) is 1. The van der Waals surface area contributed by atoms with Crippen LogP contribution < -0.4 is 9.47 Å². The van der Waals surface area contributed by atoms with Crippen LogP contribution in [-0.2, 0) is 0 Å². The molecule has 0 aliphatic carbocycles. The molecule has 0 saturated carbocycles. The monoisotopic (exact) mass is 267 g/mol. The number of hydrogen-bond donors (Lipinski definition) is 1. The zero-order chi connectivity index (χ0) is 14.3. The summed E-state index contributed by atoms with van der Waals surface area (Å²) in [6, 6.07) is 5.50. The van der Waals surface area contributed by atoms with Crippen LogP contribution in [0.15, 0.2) is 18.2 Å². The van der Waals surface area contributed by atoms with Crippen molar-refractivity contribution in [1.82, 2.24) is 4.90 Å². The molecule has 19 heavy (non-hydrogen) atoms. The third-order valence-corrected chi connectivity index (χ3v) is 3.21. The molecule has 0 fully saturated rings. The zero-order valence-electron chi connectivity index (χ0n) is 12.3. The van der Waals surface area contributed by atoms with Gasteiger partial charge in [0.2, 0.25) is 0 Å². The van der Waals surface area contributed by atoms with E-state index in [2.05, 4.69) is 18.7 Å². The summed E-state index contributed by atoms with van der Waals surface area (Å²) in [6.45, 7) is 6.76. The molecule has 0 spiro atoms. The highest BCUT2D eigenvalue weighted by Gasteiger charge is 2.17. The normalized spacial score (nSPS) is 12.5. The lowest BCUT2D eigenvalue weighted by Crippen LogP contribution is -2.29. The van der Waals surface area contributed by atoms with Gasteiger partial charge in [0, 0.05) is 12.1 Å². The van der Waals surface area contributed by atoms with Crippen molar-refractivity contribution < 1.29 is 14.6 Å². The average Bonchev–Trinajstić information content (AvgIpc) is 2.45. The molecule has 1 aromatic rings. The van der Waals surface area contributed by atoms with E-state index in [1.54, 1.807) is 14.2 Å². The number of benzene rings is 1. The first-order chi connectivity index (χ1) is 9.15. The van der Waals surface area contributed by atoms with Gasteiger partial charge in [-0.15, -0.1) is 0 Å². The lowest BCUT2D eigenvalue weighted by Gasteiger charge is -2.24. The summed E-state index contributed by atoms with van der Waals surface area (Å²) in [5.41, 5.74) is 0.774. The predicted molar refractivity (Wildman–Crippen MR) is 76.9 cm³/mol. The van der Waals surface area contributed by atoms with Crippen LogP contribution in [0.4, 0.5) is 0 Å². The SMILES string of the molecule is CCCN(CC)CC(O)c1cc(OC)ccc1OC. The lowest BCUT2D eigenvalue weighted by atomic mass is 10.1. The van der Waals surface area contributed by atoms with Crippen LogP contribution in [0.1, 0.15) is 31.9 Å². The molecule has 0 amide bonds. The van der Waals surface area contributed by atoms with Crippen molar-refractivity contribution in [1.29, 1.82) is 0 Å². The molecule has 4 heteroatoms. The highest BCUT2D eigenvalue weighted by Crippen LogP contribution is 2.29. The summed E-state index contributed by atoms with van der Waals surface area (Å²) in [5.74, 6) is 1.43. The standard InChI is InChI=1S/C15H25NO3/c1-5-9-16(6-2)11-14(17)13-10-12(18-3)7-8-15(13)19-4/h7-8,10,14,17H,5-6,9,11H2,1-4H3. The van der Waals surface area contributed by atoms with E-state index < -0.39 is 6.10 Å². The number of methoxy groups -OCH3 is 2.